The number of thioether (sulfide) groups is 1. The van der Waals surface area contributed by atoms with Gasteiger partial charge in [-0.1, -0.05) is 36.4 Å². The van der Waals surface area contributed by atoms with Gasteiger partial charge in [-0.25, -0.2) is 0 Å². The number of hydrogen-bond acceptors (Lipinski definition) is 3. The first-order valence-electron chi connectivity index (χ1n) is 6.17. The standard InChI is InChI=1S/C15H16N2OS/c18-15(14-8-4-5-9-16-14)17-10-11-19-12-13-6-2-1-3-7-13/h1-9H,10-12H2,(H,17,18). The Morgan fingerprint density at radius 3 is 2.63 bits per heavy atom. The van der Waals surface area contributed by atoms with E-state index in [2.05, 4.69) is 22.4 Å². The average molecular weight is 272 g/mol. The number of benzene rings is 1. The van der Waals surface area contributed by atoms with Gasteiger partial charge in [0.15, 0.2) is 0 Å². The third-order valence-electron chi connectivity index (χ3n) is 2.54. The summed E-state index contributed by atoms with van der Waals surface area (Å²) in [6.07, 6.45) is 1.62. The molecule has 0 saturated heterocycles. The molecule has 2 aromatic rings. The van der Waals surface area contributed by atoms with E-state index >= 15 is 0 Å². The molecule has 98 valence electrons. The van der Waals surface area contributed by atoms with Crippen molar-refractivity contribution < 1.29 is 4.79 Å². The summed E-state index contributed by atoms with van der Waals surface area (Å²) in [6.45, 7) is 0.660. The summed E-state index contributed by atoms with van der Waals surface area (Å²) in [5, 5.41) is 2.86. The van der Waals surface area contributed by atoms with E-state index in [1.165, 1.54) is 5.56 Å². The average Bonchev–Trinajstić information content (AvgIpc) is 2.49. The van der Waals surface area contributed by atoms with Crippen molar-refractivity contribution in [3.8, 4) is 0 Å². The van der Waals surface area contributed by atoms with Crippen molar-refractivity contribution in [2.45, 2.75) is 5.75 Å². The largest absolute Gasteiger partial charge is 0.350 e. The second-order valence-electron chi connectivity index (χ2n) is 4.01. The molecule has 0 fully saturated rings. The third kappa shape index (κ3) is 4.75. The number of carbonyl (C=O) groups excluding carboxylic acids is 1. The highest BCUT2D eigenvalue weighted by Crippen LogP contribution is 2.10. The summed E-state index contributed by atoms with van der Waals surface area (Å²) >= 11 is 1.81. The van der Waals surface area contributed by atoms with E-state index in [1.54, 1.807) is 18.3 Å². The molecule has 0 bridgehead atoms. The van der Waals surface area contributed by atoms with Crippen molar-refractivity contribution in [3.05, 3.63) is 66.0 Å². The summed E-state index contributed by atoms with van der Waals surface area (Å²) in [6, 6.07) is 15.6. The predicted molar refractivity (Wildman–Crippen MR) is 79.2 cm³/mol. The fourth-order valence-corrected chi connectivity index (χ4v) is 2.41. The molecule has 0 atom stereocenters. The Labute approximate surface area is 117 Å². The minimum Gasteiger partial charge on any atom is -0.350 e. The van der Waals surface area contributed by atoms with Crippen molar-refractivity contribution in [2.24, 2.45) is 0 Å². The smallest absolute Gasteiger partial charge is 0.269 e. The van der Waals surface area contributed by atoms with E-state index in [-0.39, 0.29) is 5.91 Å². The number of nitrogens with zero attached hydrogens (tertiary/aromatic N) is 1. The monoisotopic (exact) mass is 272 g/mol. The van der Waals surface area contributed by atoms with Crippen LogP contribution in [0.1, 0.15) is 16.1 Å². The molecule has 1 N–H and O–H groups in total. The SMILES string of the molecule is O=C(NCCSCc1ccccc1)c1ccccn1. The lowest BCUT2D eigenvalue weighted by Crippen LogP contribution is -2.26. The van der Waals surface area contributed by atoms with Gasteiger partial charge in [0.1, 0.15) is 5.69 Å². The van der Waals surface area contributed by atoms with Crippen LogP contribution in [0.5, 0.6) is 0 Å². The predicted octanol–water partition coefficient (Wildman–Crippen LogP) is 2.74. The van der Waals surface area contributed by atoms with Crippen molar-refractivity contribution >= 4 is 17.7 Å². The Balaban J connectivity index is 1.63. The maximum atomic E-state index is 11.7. The summed E-state index contributed by atoms with van der Waals surface area (Å²) in [4.78, 5) is 15.7. The molecule has 0 radical (unpaired) electrons. The number of pyridine rings is 1. The van der Waals surface area contributed by atoms with E-state index < -0.39 is 0 Å². The van der Waals surface area contributed by atoms with Gasteiger partial charge in [-0.3, -0.25) is 9.78 Å². The van der Waals surface area contributed by atoms with Crippen molar-refractivity contribution in [2.75, 3.05) is 12.3 Å². The van der Waals surface area contributed by atoms with Crippen LogP contribution in [0, 0.1) is 0 Å². The molecule has 0 aliphatic carbocycles. The summed E-state index contributed by atoms with van der Waals surface area (Å²) < 4.78 is 0. The van der Waals surface area contributed by atoms with E-state index in [0.29, 0.717) is 12.2 Å². The fourth-order valence-electron chi connectivity index (χ4n) is 1.59. The molecule has 1 amide bonds. The van der Waals surface area contributed by atoms with Crippen LogP contribution >= 0.6 is 11.8 Å². The molecule has 1 aromatic carbocycles. The maximum Gasteiger partial charge on any atom is 0.269 e. The van der Waals surface area contributed by atoms with E-state index in [9.17, 15) is 4.79 Å². The van der Waals surface area contributed by atoms with Gasteiger partial charge in [-0.15, -0.1) is 0 Å². The molecule has 0 unspecified atom stereocenters. The normalized spacial score (nSPS) is 10.1. The molecular formula is C15H16N2OS. The summed E-state index contributed by atoms with van der Waals surface area (Å²) in [5.74, 6) is 1.76. The Kier molecular flexibility index (Phi) is 5.44. The molecule has 19 heavy (non-hydrogen) atoms. The fraction of sp³-hybridized carbons (Fsp3) is 0.200. The van der Waals surface area contributed by atoms with Gasteiger partial charge in [-0.2, -0.15) is 11.8 Å². The van der Waals surface area contributed by atoms with Gasteiger partial charge < -0.3 is 5.32 Å². The molecule has 0 spiro atoms. The molecule has 0 aliphatic rings. The lowest BCUT2D eigenvalue weighted by atomic mass is 10.2. The second-order valence-corrected chi connectivity index (χ2v) is 5.11. The summed E-state index contributed by atoms with van der Waals surface area (Å²) in [5.41, 5.74) is 1.78. The van der Waals surface area contributed by atoms with Crippen LogP contribution in [-0.4, -0.2) is 23.2 Å². The minimum absolute atomic E-state index is 0.110. The zero-order valence-electron chi connectivity index (χ0n) is 10.6. The topological polar surface area (TPSA) is 42.0 Å². The van der Waals surface area contributed by atoms with Crippen LogP contribution < -0.4 is 5.32 Å². The van der Waals surface area contributed by atoms with Crippen LogP contribution in [0.25, 0.3) is 0 Å². The van der Waals surface area contributed by atoms with E-state index in [4.69, 9.17) is 0 Å². The molecule has 4 heteroatoms. The molecule has 3 nitrogen and oxygen atoms in total. The van der Waals surface area contributed by atoms with Gasteiger partial charge in [0.05, 0.1) is 0 Å². The van der Waals surface area contributed by atoms with Crippen molar-refractivity contribution in [3.63, 3.8) is 0 Å². The van der Waals surface area contributed by atoms with E-state index in [0.717, 1.165) is 11.5 Å². The van der Waals surface area contributed by atoms with Crippen LogP contribution in [0.3, 0.4) is 0 Å². The van der Waals surface area contributed by atoms with Crippen molar-refractivity contribution in [1.29, 1.82) is 0 Å². The number of nitrogens with one attached hydrogen (secondary N) is 1. The van der Waals surface area contributed by atoms with Crippen LogP contribution in [0.15, 0.2) is 54.7 Å². The molecule has 2 rings (SSSR count). The maximum absolute atomic E-state index is 11.7. The number of hydrogen-bond donors (Lipinski definition) is 1. The van der Waals surface area contributed by atoms with Gasteiger partial charge in [-0.05, 0) is 17.7 Å². The Morgan fingerprint density at radius 2 is 1.89 bits per heavy atom. The van der Waals surface area contributed by atoms with Crippen LogP contribution in [-0.2, 0) is 5.75 Å². The van der Waals surface area contributed by atoms with Gasteiger partial charge in [0.2, 0.25) is 0 Å². The third-order valence-corrected chi connectivity index (χ3v) is 3.57. The lowest BCUT2D eigenvalue weighted by molar-refractivity contribution is 0.0951. The molecule has 0 saturated carbocycles. The molecule has 1 aromatic heterocycles. The molecule has 0 aliphatic heterocycles. The number of rotatable bonds is 6. The Hall–Kier alpha value is -1.81. The molecule has 1 heterocycles. The first-order valence-corrected chi connectivity index (χ1v) is 7.32. The Morgan fingerprint density at radius 1 is 1.11 bits per heavy atom. The Bertz CT molecular complexity index is 502. The van der Waals surface area contributed by atoms with E-state index in [1.807, 2.05) is 36.0 Å². The number of amides is 1. The van der Waals surface area contributed by atoms with Gasteiger partial charge >= 0.3 is 0 Å². The number of aromatic nitrogens is 1. The zero-order chi connectivity index (χ0) is 13.3. The highest BCUT2D eigenvalue weighted by Gasteiger charge is 2.04. The van der Waals surface area contributed by atoms with Gasteiger partial charge in [0, 0.05) is 24.2 Å². The summed E-state index contributed by atoms with van der Waals surface area (Å²) in [7, 11) is 0. The first kappa shape index (κ1) is 13.6. The first-order chi connectivity index (χ1) is 9.36. The van der Waals surface area contributed by atoms with Crippen LogP contribution in [0.4, 0.5) is 0 Å². The quantitative estimate of drug-likeness (QED) is 0.822. The zero-order valence-corrected chi connectivity index (χ0v) is 11.4. The van der Waals surface area contributed by atoms with Crippen molar-refractivity contribution in [1.82, 2.24) is 10.3 Å². The second kappa shape index (κ2) is 7.59. The molecular weight excluding hydrogens is 256 g/mol. The van der Waals surface area contributed by atoms with Gasteiger partial charge in [0.25, 0.3) is 5.91 Å². The minimum atomic E-state index is -0.110. The highest BCUT2D eigenvalue weighted by molar-refractivity contribution is 7.98. The number of carbonyl (C=O) groups is 1. The lowest BCUT2D eigenvalue weighted by Gasteiger charge is -2.04. The highest BCUT2D eigenvalue weighted by atomic mass is 32.2. The van der Waals surface area contributed by atoms with Crippen LogP contribution in [0.2, 0.25) is 0 Å².